The predicted molar refractivity (Wildman–Crippen MR) is 116 cm³/mol. The molecule has 2 heteroatoms. The topological polar surface area (TPSA) is 13.1 Å². The molecule has 2 aromatic rings. The van der Waals surface area contributed by atoms with E-state index in [0.29, 0.717) is 4.71 Å². The van der Waals surface area contributed by atoms with E-state index in [1.165, 1.54) is 88.9 Å². The Labute approximate surface area is 165 Å². The highest BCUT2D eigenvalue weighted by Gasteiger charge is 2.02. The van der Waals surface area contributed by atoms with E-state index in [9.17, 15) is 0 Å². The van der Waals surface area contributed by atoms with Gasteiger partial charge in [0.1, 0.15) is 5.76 Å². The Hall–Kier alpha value is -1.15. The minimum Gasteiger partial charge on any atom is -0.450 e. The Morgan fingerprint density at radius 2 is 1.27 bits per heavy atom. The summed E-state index contributed by atoms with van der Waals surface area (Å²) in [6.07, 6.45) is 19.0. The van der Waals surface area contributed by atoms with Gasteiger partial charge in [0.05, 0.1) is 0 Å². The summed E-state index contributed by atoms with van der Waals surface area (Å²) in [6, 6.07) is 10.4. The molecule has 2 rings (SSSR count). The fourth-order valence-electron chi connectivity index (χ4n) is 3.63. The number of hydrogen-bond acceptors (Lipinski definition) is 2. The van der Waals surface area contributed by atoms with Crippen molar-refractivity contribution in [2.75, 3.05) is 0 Å². The van der Waals surface area contributed by atoms with Gasteiger partial charge in [-0.15, -0.1) is 0 Å². The Morgan fingerprint density at radius 1 is 0.731 bits per heavy atom. The molecule has 0 saturated carbocycles. The maximum Gasteiger partial charge on any atom is 0.198 e. The van der Waals surface area contributed by atoms with E-state index in [0.717, 1.165) is 17.6 Å². The minimum absolute atomic E-state index is 0.632. The van der Waals surface area contributed by atoms with Gasteiger partial charge < -0.3 is 4.42 Å². The van der Waals surface area contributed by atoms with Gasteiger partial charge in [0, 0.05) is 11.8 Å². The van der Waals surface area contributed by atoms with Crippen molar-refractivity contribution in [2.24, 2.45) is 0 Å². The first-order chi connectivity index (χ1) is 12.8. The zero-order valence-corrected chi connectivity index (χ0v) is 17.4. The van der Waals surface area contributed by atoms with Crippen LogP contribution in [0.15, 0.2) is 34.7 Å². The standard InChI is InChI=1S/C24H36OS/c1-2-3-4-5-6-7-8-9-10-11-12-13-14-18-22-20-21-17-15-16-19-23(21)24(26)25-22/h15-17,19-20H,2-14,18H2,1H3. The Bertz CT molecular complexity index is 673. The lowest BCUT2D eigenvalue weighted by Gasteiger charge is -2.04. The highest BCUT2D eigenvalue weighted by molar-refractivity contribution is 7.71. The molecule has 0 aliphatic carbocycles. The summed E-state index contributed by atoms with van der Waals surface area (Å²) >= 11 is 5.37. The quantitative estimate of drug-likeness (QED) is 0.243. The summed E-state index contributed by atoms with van der Waals surface area (Å²) in [5.74, 6) is 1.04. The molecular formula is C24H36OS. The highest BCUT2D eigenvalue weighted by Crippen LogP contribution is 2.20. The van der Waals surface area contributed by atoms with Gasteiger partial charge >= 0.3 is 0 Å². The first kappa shape index (κ1) is 21.2. The zero-order valence-electron chi connectivity index (χ0n) is 16.6. The monoisotopic (exact) mass is 372 g/mol. The second-order valence-electron chi connectivity index (χ2n) is 7.58. The molecule has 1 aromatic heterocycles. The van der Waals surface area contributed by atoms with Gasteiger partial charge in [-0.1, -0.05) is 102 Å². The van der Waals surface area contributed by atoms with Crippen LogP contribution in [0.1, 0.15) is 96.2 Å². The average molecular weight is 373 g/mol. The van der Waals surface area contributed by atoms with Crippen molar-refractivity contribution >= 4 is 23.0 Å². The van der Waals surface area contributed by atoms with Crippen molar-refractivity contribution in [3.8, 4) is 0 Å². The number of unbranched alkanes of at least 4 members (excludes halogenated alkanes) is 12. The van der Waals surface area contributed by atoms with Crippen LogP contribution < -0.4 is 0 Å². The average Bonchev–Trinajstić information content (AvgIpc) is 2.65. The number of fused-ring (bicyclic) bond motifs is 1. The predicted octanol–water partition coefficient (Wildman–Crippen LogP) is 8.80. The third-order valence-corrected chi connectivity index (χ3v) is 5.55. The molecule has 0 N–H and O–H groups in total. The van der Waals surface area contributed by atoms with Crippen LogP contribution in [-0.4, -0.2) is 0 Å². The first-order valence-electron chi connectivity index (χ1n) is 10.8. The zero-order chi connectivity index (χ0) is 18.5. The van der Waals surface area contributed by atoms with Crippen LogP contribution in [0.25, 0.3) is 10.8 Å². The summed E-state index contributed by atoms with van der Waals surface area (Å²) in [5, 5.41) is 2.25. The minimum atomic E-state index is 0.632. The van der Waals surface area contributed by atoms with Crippen molar-refractivity contribution in [1.29, 1.82) is 0 Å². The van der Waals surface area contributed by atoms with Crippen LogP contribution in [0.2, 0.25) is 0 Å². The molecule has 1 nitrogen and oxygen atoms in total. The van der Waals surface area contributed by atoms with Gasteiger partial charge in [-0.25, -0.2) is 0 Å². The summed E-state index contributed by atoms with van der Waals surface area (Å²) in [6.45, 7) is 2.28. The van der Waals surface area contributed by atoms with Crippen LogP contribution in [0, 0.1) is 4.71 Å². The van der Waals surface area contributed by atoms with Crippen molar-refractivity contribution in [1.82, 2.24) is 0 Å². The fourth-order valence-corrected chi connectivity index (χ4v) is 3.92. The second kappa shape index (κ2) is 13.1. The summed E-state index contributed by atoms with van der Waals surface area (Å²) in [7, 11) is 0. The lowest BCUT2D eigenvalue weighted by atomic mass is 10.0. The maximum absolute atomic E-state index is 5.81. The third kappa shape index (κ3) is 8.03. The second-order valence-corrected chi connectivity index (χ2v) is 7.95. The lowest BCUT2D eigenvalue weighted by molar-refractivity contribution is 0.470. The summed E-state index contributed by atoms with van der Waals surface area (Å²) < 4.78 is 6.44. The van der Waals surface area contributed by atoms with Gasteiger partial charge in [0.25, 0.3) is 0 Å². The van der Waals surface area contributed by atoms with Gasteiger partial charge in [-0.2, -0.15) is 0 Å². The van der Waals surface area contributed by atoms with Crippen LogP contribution in [0.4, 0.5) is 0 Å². The third-order valence-electron chi connectivity index (χ3n) is 5.25. The molecule has 0 atom stereocenters. The smallest absolute Gasteiger partial charge is 0.198 e. The summed E-state index contributed by atoms with van der Waals surface area (Å²) in [5.41, 5.74) is 0. The highest BCUT2D eigenvalue weighted by atomic mass is 32.1. The van der Waals surface area contributed by atoms with E-state index in [4.69, 9.17) is 16.6 Å². The fraction of sp³-hybridized carbons (Fsp3) is 0.625. The Kier molecular flexibility index (Phi) is 10.6. The van der Waals surface area contributed by atoms with Crippen molar-refractivity contribution in [3.05, 3.63) is 40.8 Å². The Balaban J connectivity index is 1.49. The van der Waals surface area contributed by atoms with E-state index in [1.807, 2.05) is 12.1 Å². The van der Waals surface area contributed by atoms with E-state index in [2.05, 4.69) is 25.1 Å². The van der Waals surface area contributed by atoms with Crippen LogP contribution in [0.5, 0.6) is 0 Å². The van der Waals surface area contributed by atoms with E-state index in [-0.39, 0.29) is 0 Å². The van der Waals surface area contributed by atoms with Gasteiger partial charge in [-0.05, 0) is 36.2 Å². The molecule has 0 saturated heterocycles. The molecule has 0 aliphatic heterocycles. The normalized spacial score (nSPS) is 11.3. The molecule has 144 valence electrons. The molecule has 0 unspecified atom stereocenters. The molecule has 0 radical (unpaired) electrons. The number of rotatable bonds is 14. The van der Waals surface area contributed by atoms with E-state index >= 15 is 0 Å². The van der Waals surface area contributed by atoms with E-state index < -0.39 is 0 Å². The SMILES string of the molecule is CCCCCCCCCCCCCCCc1cc2ccccc2c(=S)o1. The molecular weight excluding hydrogens is 336 g/mol. The molecule has 0 fully saturated rings. The van der Waals surface area contributed by atoms with Crippen LogP contribution in [-0.2, 0) is 6.42 Å². The number of aryl methyl sites for hydroxylation is 1. The molecule has 0 bridgehead atoms. The molecule has 0 amide bonds. The molecule has 1 aromatic carbocycles. The Morgan fingerprint density at radius 3 is 1.88 bits per heavy atom. The largest absolute Gasteiger partial charge is 0.450 e. The van der Waals surface area contributed by atoms with Crippen molar-refractivity contribution in [2.45, 2.75) is 96.8 Å². The summed E-state index contributed by atoms with van der Waals surface area (Å²) in [4.78, 5) is 0. The van der Waals surface area contributed by atoms with Crippen molar-refractivity contribution < 1.29 is 4.42 Å². The van der Waals surface area contributed by atoms with Gasteiger partial charge in [0.2, 0.25) is 0 Å². The maximum atomic E-state index is 5.81. The van der Waals surface area contributed by atoms with Gasteiger partial charge in [0.15, 0.2) is 4.71 Å². The number of benzene rings is 1. The first-order valence-corrected chi connectivity index (χ1v) is 11.2. The molecule has 0 spiro atoms. The van der Waals surface area contributed by atoms with Crippen LogP contribution >= 0.6 is 12.2 Å². The lowest BCUT2D eigenvalue weighted by Crippen LogP contribution is -1.88. The van der Waals surface area contributed by atoms with E-state index in [1.54, 1.807) is 0 Å². The van der Waals surface area contributed by atoms with Crippen molar-refractivity contribution in [3.63, 3.8) is 0 Å². The van der Waals surface area contributed by atoms with Crippen LogP contribution in [0.3, 0.4) is 0 Å². The number of hydrogen-bond donors (Lipinski definition) is 0. The van der Waals surface area contributed by atoms with Gasteiger partial charge in [-0.3, -0.25) is 0 Å². The molecule has 0 aliphatic rings. The molecule has 26 heavy (non-hydrogen) atoms. The molecule has 1 heterocycles.